The van der Waals surface area contributed by atoms with Crippen LogP contribution in [0.5, 0.6) is 0 Å². The lowest BCUT2D eigenvalue weighted by Gasteiger charge is -2.23. The minimum Gasteiger partial charge on any atom is -0.512 e. The number of fused-ring (bicyclic) bond motifs is 3. The van der Waals surface area contributed by atoms with Crippen LogP contribution in [0, 0.1) is 5.92 Å². The molecule has 0 aromatic rings. The standard InChI is InChI=1S/C25H45NO2/c1-26-21-15-11-7-6-9-13-17-22-16-12-8-4-2-3-5-10-14-18-24(27)23(20-19-22)25(26)28/h22,27H,2-21H2,1H3/b24-23-. The van der Waals surface area contributed by atoms with Gasteiger partial charge in [-0.15, -0.1) is 0 Å². The molecular formula is C25H45NO2. The Balaban J connectivity index is 2.13. The van der Waals surface area contributed by atoms with Crippen LogP contribution in [0.2, 0.25) is 0 Å². The van der Waals surface area contributed by atoms with Gasteiger partial charge in [0.2, 0.25) is 0 Å². The number of hydrogen-bond acceptors (Lipinski definition) is 2. The maximum absolute atomic E-state index is 13.1. The summed E-state index contributed by atoms with van der Waals surface area (Å²) in [5.41, 5.74) is 0.722. The van der Waals surface area contributed by atoms with Crippen LogP contribution in [0.4, 0.5) is 0 Å². The van der Waals surface area contributed by atoms with Crippen molar-refractivity contribution in [3.05, 3.63) is 11.3 Å². The van der Waals surface area contributed by atoms with E-state index in [1.807, 2.05) is 11.9 Å². The quantitative estimate of drug-likeness (QED) is 0.470. The van der Waals surface area contributed by atoms with Crippen LogP contribution in [-0.4, -0.2) is 29.5 Å². The van der Waals surface area contributed by atoms with Crippen molar-refractivity contribution in [2.24, 2.45) is 5.92 Å². The number of nitrogens with zero attached hydrogens (tertiary/aromatic N) is 1. The Bertz CT molecular complexity index is 471. The highest BCUT2D eigenvalue weighted by atomic mass is 16.3. The van der Waals surface area contributed by atoms with Gasteiger partial charge in [-0.3, -0.25) is 4.79 Å². The van der Waals surface area contributed by atoms with Crippen molar-refractivity contribution >= 4 is 5.91 Å². The molecule has 162 valence electrons. The summed E-state index contributed by atoms with van der Waals surface area (Å²) in [5, 5.41) is 10.8. The molecule has 0 radical (unpaired) electrons. The second-order valence-corrected chi connectivity index (χ2v) is 9.33. The van der Waals surface area contributed by atoms with E-state index in [0.717, 1.165) is 37.8 Å². The first-order valence-electron chi connectivity index (χ1n) is 12.3. The lowest BCUT2D eigenvalue weighted by molar-refractivity contribution is -0.126. The lowest BCUT2D eigenvalue weighted by atomic mass is 9.88. The molecule has 1 heterocycles. The molecule has 0 saturated carbocycles. The Hall–Kier alpha value is -0.990. The Morgan fingerprint density at radius 1 is 0.679 bits per heavy atom. The van der Waals surface area contributed by atoms with Crippen molar-refractivity contribution in [3.8, 4) is 0 Å². The Labute approximate surface area is 174 Å². The summed E-state index contributed by atoms with van der Waals surface area (Å²) >= 11 is 0. The first-order chi connectivity index (χ1) is 13.7. The van der Waals surface area contributed by atoms with Gasteiger partial charge in [0, 0.05) is 20.0 Å². The average molecular weight is 392 g/mol. The summed E-state index contributed by atoms with van der Waals surface area (Å²) in [6.45, 7) is 0.818. The number of aliphatic hydroxyl groups excluding tert-OH is 1. The third kappa shape index (κ3) is 9.01. The molecule has 1 amide bonds. The maximum Gasteiger partial charge on any atom is 0.252 e. The van der Waals surface area contributed by atoms with Crippen molar-refractivity contribution in [1.82, 2.24) is 4.90 Å². The van der Waals surface area contributed by atoms with Gasteiger partial charge in [-0.05, 0) is 31.6 Å². The van der Waals surface area contributed by atoms with Crippen LogP contribution in [0.25, 0.3) is 0 Å². The number of hydrogen-bond donors (Lipinski definition) is 1. The normalized spacial score (nSPS) is 29.0. The minimum absolute atomic E-state index is 0.0811. The zero-order valence-corrected chi connectivity index (χ0v) is 18.5. The molecule has 28 heavy (non-hydrogen) atoms. The second kappa shape index (κ2) is 14.1. The van der Waals surface area contributed by atoms with Crippen LogP contribution >= 0.6 is 0 Å². The highest BCUT2D eigenvalue weighted by Gasteiger charge is 2.21. The summed E-state index contributed by atoms with van der Waals surface area (Å²) in [6, 6.07) is 0. The molecule has 0 spiro atoms. The van der Waals surface area contributed by atoms with E-state index in [0.29, 0.717) is 18.1 Å². The molecule has 1 unspecified atom stereocenters. The van der Waals surface area contributed by atoms with Crippen LogP contribution in [0.15, 0.2) is 11.3 Å². The van der Waals surface area contributed by atoms with E-state index in [1.54, 1.807) is 0 Å². The van der Waals surface area contributed by atoms with Crippen LogP contribution in [-0.2, 0) is 4.79 Å². The zero-order valence-electron chi connectivity index (χ0n) is 18.5. The molecule has 0 aromatic heterocycles. The average Bonchev–Trinajstić information content (AvgIpc) is 2.69. The van der Waals surface area contributed by atoms with Gasteiger partial charge in [0.05, 0.1) is 5.57 Å². The lowest BCUT2D eigenvalue weighted by Crippen LogP contribution is -2.30. The van der Waals surface area contributed by atoms with Crippen molar-refractivity contribution in [3.63, 3.8) is 0 Å². The first-order valence-corrected chi connectivity index (χ1v) is 12.3. The highest BCUT2D eigenvalue weighted by Crippen LogP contribution is 2.28. The third-order valence-electron chi connectivity index (χ3n) is 6.89. The summed E-state index contributed by atoms with van der Waals surface area (Å²) < 4.78 is 0. The molecule has 2 aliphatic rings. The van der Waals surface area contributed by atoms with Gasteiger partial charge in [-0.2, -0.15) is 0 Å². The third-order valence-corrected chi connectivity index (χ3v) is 6.89. The van der Waals surface area contributed by atoms with Gasteiger partial charge >= 0.3 is 0 Å². The molecule has 1 N–H and O–H groups in total. The van der Waals surface area contributed by atoms with Crippen molar-refractivity contribution in [2.45, 2.75) is 122 Å². The summed E-state index contributed by atoms with van der Waals surface area (Å²) in [5.74, 6) is 1.18. The van der Waals surface area contributed by atoms with E-state index >= 15 is 0 Å². The molecule has 2 rings (SSSR count). The van der Waals surface area contributed by atoms with E-state index in [2.05, 4.69) is 0 Å². The molecule has 3 heteroatoms. The van der Waals surface area contributed by atoms with Crippen molar-refractivity contribution < 1.29 is 9.90 Å². The number of likely N-dealkylation sites (N-methyl/N-ethyl adjacent to an activating group) is 1. The van der Waals surface area contributed by atoms with E-state index in [-0.39, 0.29) is 5.91 Å². The Morgan fingerprint density at radius 3 is 1.79 bits per heavy atom. The van der Waals surface area contributed by atoms with Crippen LogP contribution in [0.1, 0.15) is 122 Å². The molecule has 0 aromatic carbocycles. The maximum atomic E-state index is 13.1. The number of carbonyl (C=O) groups is 1. The largest absolute Gasteiger partial charge is 0.512 e. The highest BCUT2D eigenvalue weighted by molar-refractivity contribution is 5.93. The van der Waals surface area contributed by atoms with E-state index in [4.69, 9.17) is 0 Å². The minimum atomic E-state index is 0.0811. The number of rotatable bonds is 0. The second-order valence-electron chi connectivity index (χ2n) is 9.33. The molecular weight excluding hydrogens is 346 g/mol. The van der Waals surface area contributed by atoms with Crippen molar-refractivity contribution in [2.75, 3.05) is 13.6 Å². The molecule has 1 aliphatic heterocycles. The van der Waals surface area contributed by atoms with Gasteiger partial charge in [-0.1, -0.05) is 89.9 Å². The van der Waals surface area contributed by atoms with Gasteiger partial charge in [-0.25, -0.2) is 0 Å². The zero-order chi connectivity index (χ0) is 20.0. The molecule has 1 fully saturated rings. The fourth-order valence-electron chi connectivity index (χ4n) is 4.91. The fourth-order valence-corrected chi connectivity index (χ4v) is 4.91. The summed E-state index contributed by atoms with van der Waals surface area (Å²) in [6.07, 6.45) is 23.0. The molecule has 3 nitrogen and oxygen atoms in total. The van der Waals surface area contributed by atoms with Gasteiger partial charge < -0.3 is 10.0 Å². The fraction of sp³-hybridized carbons (Fsp3) is 0.880. The smallest absolute Gasteiger partial charge is 0.252 e. The summed E-state index contributed by atoms with van der Waals surface area (Å²) in [4.78, 5) is 14.9. The molecule has 1 atom stereocenters. The van der Waals surface area contributed by atoms with Crippen LogP contribution < -0.4 is 0 Å². The molecule has 1 saturated heterocycles. The Kier molecular flexibility index (Phi) is 11.7. The monoisotopic (exact) mass is 391 g/mol. The van der Waals surface area contributed by atoms with E-state index < -0.39 is 0 Å². The predicted octanol–water partition coefficient (Wildman–Crippen LogP) is 7.31. The van der Waals surface area contributed by atoms with Gasteiger partial charge in [0.1, 0.15) is 5.76 Å². The topological polar surface area (TPSA) is 40.5 Å². The van der Waals surface area contributed by atoms with Gasteiger partial charge in [0.15, 0.2) is 0 Å². The SMILES string of the molecule is CN1CCCCCCCCC2CCCCCCCCCC/C(O)=C(\CC2)C1=O. The number of allylic oxidation sites excluding steroid dienone is 1. The number of carbonyl (C=O) groups excluding carboxylic acids is 1. The first kappa shape index (κ1) is 23.3. The number of amides is 1. The van der Waals surface area contributed by atoms with Gasteiger partial charge in [0.25, 0.3) is 5.91 Å². The Morgan fingerprint density at radius 2 is 1.18 bits per heavy atom. The van der Waals surface area contributed by atoms with E-state index in [9.17, 15) is 9.90 Å². The predicted molar refractivity (Wildman–Crippen MR) is 119 cm³/mol. The van der Waals surface area contributed by atoms with E-state index in [1.165, 1.54) is 89.9 Å². The molecule has 2 bridgehead atoms. The van der Waals surface area contributed by atoms with Crippen molar-refractivity contribution in [1.29, 1.82) is 0 Å². The van der Waals surface area contributed by atoms with Crippen LogP contribution in [0.3, 0.4) is 0 Å². The summed E-state index contributed by atoms with van der Waals surface area (Å²) in [7, 11) is 1.92. The molecule has 1 aliphatic carbocycles. The number of aliphatic hydroxyl groups is 1.